The Kier molecular flexibility index (Phi) is 2.75. The van der Waals surface area contributed by atoms with Crippen molar-refractivity contribution in [1.29, 1.82) is 0 Å². The van der Waals surface area contributed by atoms with Crippen molar-refractivity contribution in [1.82, 2.24) is 0 Å². The lowest BCUT2D eigenvalue weighted by Gasteiger charge is -2.11. The molecule has 2 N–H and O–H groups in total. The van der Waals surface area contributed by atoms with Gasteiger partial charge in [-0.05, 0) is 30.7 Å². The summed E-state index contributed by atoms with van der Waals surface area (Å²) in [6.07, 6.45) is 1.46. The maximum absolute atomic E-state index is 13.5. The number of nitrogens with two attached hydrogens (primary N) is 1. The van der Waals surface area contributed by atoms with Gasteiger partial charge in [-0.1, -0.05) is 0 Å². The minimum Gasteiger partial charge on any atom is -0.467 e. The Bertz CT molecular complexity index is 494. The van der Waals surface area contributed by atoms with Crippen molar-refractivity contribution < 1.29 is 13.2 Å². The van der Waals surface area contributed by atoms with Gasteiger partial charge in [-0.25, -0.2) is 8.78 Å². The minimum atomic E-state index is -0.714. The molecular weight excluding hydrogens is 212 g/mol. The highest BCUT2D eigenvalue weighted by atomic mass is 19.1. The van der Waals surface area contributed by atoms with Crippen molar-refractivity contribution in [2.75, 3.05) is 0 Å². The van der Waals surface area contributed by atoms with E-state index in [1.807, 2.05) is 0 Å². The zero-order valence-electron chi connectivity index (χ0n) is 8.71. The average Bonchev–Trinajstić information content (AvgIpc) is 2.75. The molecule has 1 atom stereocenters. The molecule has 84 valence electrons. The highest BCUT2D eigenvalue weighted by molar-refractivity contribution is 5.32. The molecule has 0 fully saturated rings. The molecule has 2 aromatic rings. The van der Waals surface area contributed by atoms with Gasteiger partial charge in [-0.15, -0.1) is 0 Å². The van der Waals surface area contributed by atoms with Crippen molar-refractivity contribution >= 4 is 0 Å². The quantitative estimate of drug-likeness (QED) is 0.850. The van der Waals surface area contributed by atoms with E-state index >= 15 is 0 Å². The lowest BCUT2D eigenvalue weighted by Crippen LogP contribution is -2.13. The molecule has 0 spiro atoms. The fourth-order valence-electron chi connectivity index (χ4n) is 1.54. The Morgan fingerprint density at radius 3 is 2.62 bits per heavy atom. The van der Waals surface area contributed by atoms with Gasteiger partial charge in [0, 0.05) is 11.6 Å². The first-order valence-electron chi connectivity index (χ1n) is 4.84. The van der Waals surface area contributed by atoms with Crippen molar-refractivity contribution in [3.8, 4) is 0 Å². The summed E-state index contributed by atoms with van der Waals surface area (Å²) in [6, 6.07) is 4.85. The van der Waals surface area contributed by atoms with Crippen LogP contribution in [0.5, 0.6) is 0 Å². The van der Waals surface area contributed by atoms with Gasteiger partial charge in [0.1, 0.15) is 17.4 Å². The average molecular weight is 223 g/mol. The first-order chi connectivity index (χ1) is 7.59. The molecule has 0 saturated heterocycles. The first kappa shape index (κ1) is 10.8. The Morgan fingerprint density at radius 2 is 2.00 bits per heavy atom. The smallest absolute Gasteiger partial charge is 0.131 e. The number of hydrogen-bond donors (Lipinski definition) is 1. The summed E-state index contributed by atoms with van der Waals surface area (Å²) >= 11 is 0. The second-order valence-electron chi connectivity index (χ2n) is 3.62. The van der Waals surface area contributed by atoms with Gasteiger partial charge < -0.3 is 10.2 Å². The van der Waals surface area contributed by atoms with Gasteiger partial charge in [-0.2, -0.15) is 0 Å². The molecule has 1 aromatic heterocycles. The van der Waals surface area contributed by atoms with Crippen LogP contribution in [-0.4, -0.2) is 0 Å². The van der Waals surface area contributed by atoms with Crippen LogP contribution in [0.1, 0.15) is 22.9 Å². The molecule has 2 nitrogen and oxygen atoms in total. The molecule has 1 unspecified atom stereocenters. The van der Waals surface area contributed by atoms with Gasteiger partial charge in [0.05, 0.1) is 12.3 Å². The van der Waals surface area contributed by atoms with Crippen molar-refractivity contribution in [2.24, 2.45) is 5.73 Å². The second-order valence-corrected chi connectivity index (χ2v) is 3.62. The SMILES string of the molecule is Cc1cc(C(N)c2ccco2)c(F)cc1F. The third-order valence-electron chi connectivity index (χ3n) is 2.46. The monoisotopic (exact) mass is 223 g/mol. The molecule has 1 aromatic carbocycles. The van der Waals surface area contributed by atoms with Crippen LogP contribution in [0.15, 0.2) is 34.9 Å². The van der Waals surface area contributed by atoms with Crippen LogP contribution in [0.2, 0.25) is 0 Å². The summed E-state index contributed by atoms with van der Waals surface area (Å²) in [4.78, 5) is 0. The third kappa shape index (κ3) is 1.84. The zero-order chi connectivity index (χ0) is 11.7. The minimum absolute atomic E-state index is 0.230. The van der Waals surface area contributed by atoms with Crippen molar-refractivity contribution in [3.05, 3.63) is 59.1 Å². The van der Waals surface area contributed by atoms with Gasteiger partial charge in [0.25, 0.3) is 0 Å². The van der Waals surface area contributed by atoms with Crippen LogP contribution in [0.4, 0.5) is 8.78 Å². The molecule has 4 heteroatoms. The molecule has 0 aliphatic rings. The van der Waals surface area contributed by atoms with Crippen LogP contribution >= 0.6 is 0 Å². The predicted molar refractivity (Wildman–Crippen MR) is 55.8 cm³/mol. The highest BCUT2D eigenvalue weighted by Gasteiger charge is 2.17. The molecule has 1 heterocycles. The predicted octanol–water partition coefficient (Wildman–Crippen LogP) is 2.91. The molecule has 0 radical (unpaired) electrons. The topological polar surface area (TPSA) is 39.2 Å². The second kappa shape index (κ2) is 4.06. The lowest BCUT2D eigenvalue weighted by atomic mass is 10.0. The summed E-state index contributed by atoms with van der Waals surface area (Å²) in [5.74, 6) is -0.787. The highest BCUT2D eigenvalue weighted by Crippen LogP contribution is 2.24. The van der Waals surface area contributed by atoms with E-state index in [1.165, 1.54) is 12.3 Å². The van der Waals surface area contributed by atoms with E-state index in [0.29, 0.717) is 11.3 Å². The molecular formula is C12H11F2NO. The largest absolute Gasteiger partial charge is 0.467 e. The van der Waals surface area contributed by atoms with Crippen LogP contribution in [0.3, 0.4) is 0 Å². The summed E-state index contributed by atoms with van der Waals surface area (Å²) in [5, 5.41) is 0. The van der Waals surface area contributed by atoms with Gasteiger partial charge in [0.15, 0.2) is 0 Å². The van der Waals surface area contributed by atoms with E-state index < -0.39 is 17.7 Å². The summed E-state index contributed by atoms with van der Waals surface area (Å²) in [6.45, 7) is 1.56. The maximum atomic E-state index is 13.5. The van der Waals surface area contributed by atoms with Crippen LogP contribution in [0, 0.1) is 18.6 Å². The Morgan fingerprint density at radius 1 is 1.25 bits per heavy atom. The van der Waals surface area contributed by atoms with Crippen LogP contribution in [0.25, 0.3) is 0 Å². The van der Waals surface area contributed by atoms with E-state index in [-0.39, 0.29) is 5.56 Å². The van der Waals surface area contributed by atoms with E-state index in [9.17, 15) is 8.78 Å². The number of hydrogen-bond acceptors (Lipinski definition) is 2. The number of halogens is 2. The summed E-state index contributed by atoms with van der Waals surface area (Å²) in [7, 11) is 0. The maximum Gasteiger partial charge on any atom is 0.131 e. The molecule has 0 bridgehead atoms. The zero-order valence-corrected chi connectivity index (χ0v) is 8.71. The molecule has 0 saturated carbocycles. The third-order valence-corrected chi connectivity index (χ3v) is 2.46. The Labute approximate surface area is 91.7 Å². The van der Waals surface area contributed by atoms with Crippen molar-refractivity contribution in [3.63, 3.8) is 0 Å². The number of aryl methyl sites for hydroxylation is 1. The van der Waals surface area contributed by atoms with Gasteiger partial charge >= 0.3 is 0 Å². The number of furan rings is 1. The van der Waals surface area contributed by atoms with Crippen LogP contribution in [-0.2, 0) is 0 Å². The molecule has 0 amide bonds. The summed E-state index contributed by atoms with van der Waals surface area (Å²) < 4.78 is 31.7. The van der Waals surface area contributed by atoms with Gasteiger partial charge in [0.2, 0.25) is 0 Å². The molecule has 16 heavy (non-hydrogen) atoms. The number of benzene rings is 1. The number of rotatable bonds is 2. The molecule has 2 rings (SSSR count). The fourth-order valence-corrected chi connectivity index (χ4v) is 1.54. The normalized spacial score (nSPS) is 12.8. The van der Waals surface area contributed by atoms with E-state index in [0.717, 1.165) is 6.07 Å². The molecule has 0 aliphatic carbocycles. The van der Waals surface area contributed by atoms with E-state index in [1.54, 1.807) is 19.1 Å². The van der Waals surface area contributed by atoms with Crippen LogP contribution < -0.4 is 5.73 Å². The summed E-state index contributed by atoms with van der Waals surface area (Å²) in [5.41, 5.74) is 6.41. The van der Waals surface area contributed by atoms with E-state index in [2.05, 4.69) is 0 Å². The lowest BCUT2D eigenvalue weighted by molar-refractivity contribution is 0.478. The fraction of sp³-hybridized carbons (Fsp3) is 0.167. The first-order valence-corrected chi connectivity index (χ1v) is 4.84. The Hall–Kier alpha value is -1.68. The standard InChI is InChI=1S/C12H11F2NO/c1-7-5-8(10(14)6-9(7)13)12(15)11-3-2-4-16-11/h2-6,12H,15H2,1H3. The Balaban J connectivity index is 2.44. The van der Waals surface area contributed by atoms with Crippen molar-refractivity contribution in [2.45, 2.75) is 13.0 Å². The van der Waals surface area contributed by atoms with Gasteiger partial charge in [-0.3, -0.25) is 0 Å². The molecule has 0 aliphatic heterocycles. The van der Waals surface area contributed by atoms with E-state index in [4.69, 9.17) is 10.2 Å².